The van der Waals surface area contributed by atoms with Gasteiger partial charge in [-0.15, -0.1) is 0 Å². The van der Waals surface area contributed by atoms with Crippen molar-refractivity contribution in [3.63, 3.8) is 0 Å². The Morgan fingerprint density at radius 2 is 1.32 bits per heavy atom. The zero-order valence-electron chi connectivity index (χ0n) is 22.8. The molecule has 0 unspecified atom stereocenters. The van der Waals surface area contributed by atoms with Crippen molar-refractivity contribution < 1.29 is 14.3 Å². The van der Waals surface area contributed by atoms with Crippen LogP contribution >= 0.6 is 0 Å². The van der Waals surface area contributed by atoms with Gasteiger partial charge in [-0.25, -0.2) is 4.68 Å². The number of nitrogens with zero attached hydrogens (tertiary/aromatic N) is 2. The Kier molecular flexibility index (Phi) is 8.10. The maximum Gasteiger partial charge on any atom is 0.295 e. The highest BCUT2D eigenvalue weighted by molar-refractivity contribution is 5.98. The molecule has 0 aliphatic rings. The van der Waals surface area contributed by atoms with Gasteiger partial charge in [-0.05, 0) is 42.3 Å². The number of anilines is 1. The standard InChI is InChI=1S/C33H30N4O4/c1-23-30(33(40)37(36(23)2)26-18-10-5-11-19-26)34-29(38)22-41-28-21-13-12-20-27(28)32(39)35-31(24-14-6-3-7-15-24)25-16-8-4-9-17-25/h3-21,31H,22H2,1-2H3,(H,34,38)(H,35,39). The summed E-state index contributed by atoms with van der Waals surface area (Å²) in [5.74, 6) is -0.604. The van der Waals surface area contributed by atoms with Gasteiger partial charge in [-0.2, -0.15) is 0 Å². The quantitative estimate of drug-likeness (QED) is 0.271. The summed E-state index contributed by atoms with van der Waals surface area (Å²) >= 11 is 0. The zero-order chi connectivity index (χ0) is 28.8. The van der Waals surface area contributed by atoms with Crippen LogP contribution < -0.4 is 20.9 Å². The molecule has 4 aromatic carbocycles. The summed E-state index contributed by atoms with van der Waals surface area (Å²) in [5.41, 5.74) is 3.26. The summed E-state index contributed by atoms with van der Waals surface area (Å²) in [7, 11) is 1.75. The van der Waals surface area contributed by atoms with Crippen LogP contribution in [-0.2, 0) is 11.8 Å². The van der Waals surface area contributed by atoms with Gasteiger partial charge in [-0.3, -0.25) is 19.1 Å². The highest BCUT2D eigenvalue weighted by Crippen LogP contribution is 2.25. The number of aromatic nitrogens is 2. The molecule has 1 aromatic heterocycles. The van der Waals surface area contributed by atoms with Crippen LogP contribution in [0.2, 0.25) is 0 Å². The van der Waals surface area contributed by atoms with E-state index >= 15 is 0 Å². The molecule has 0 spiro atoms. The van der Waals surface area contributed by atoms with Gasteiger partial charge >= 0.3 is 0 Å². The lowest BCUT2D eigenvalue weighted by molar-refractivity contribution is -0.118. The number of hydrogen-bond donors (Lipinski definition) is 2. The molecule has 41 heavy (non-hydrogen) atoms. The molecule has 0 bridgehead atoms. The second kappa shape index (κ2) is 12.2. The Morgan fingerprint density at radius 3 is 1.93 bits per heavy atom. The van der Waals surface area contributed by atoms with Gasteiger partial charge in [0.25, 0.3) is 17.4 Å². The van der Waals surface area contributed by atoms with Gasteiger partial charge in [0.1, 0.15) is 11.4 Å². The highest BCUT2D eigenvalue weighted by Gasteiger charge is 2.22. The van der Waals surface area contributed by atoms with Crippen LogP contribution in [0.5, 0.6) is 5.75 Å². The number of amides is 2. The first-order valence-electron chi connectivity index (χ1n) is 13.2. The largest absolute Gasteiger partial charge is 0.483 e. The zero-order valence-corrected chi connectivity index (χ0v) is 22.8. The number of carbonyl (C=O) groups is 2. The molecule has 0 atom stereocenters. The highest BCUT2D eigenvalue weighted by atomic mass is 16.5. The number of ether oxygens (including phenoxy) is 1. The smallest absolute Gasteiger partial charge is 0.295 e. The maximum absolute atomic E-state index is 13.5. The van der Waals surface area contributed by atoms with Gasteiger partial charge in [0, 0.05) is 7.05 Å². The second-order valence-corrected chi connectivity index (χ2v) is 9.50. The Bertz CT molecular complexity index is 1670. The molecule has 8 nitrogen and oxygen atoms in total. The molecule has 5 aromatic rings. The van der Waals surface area contributed by atoms with Crippen molar-refractivity contribution >= 4 is 17.5 Å². The van der Waals surface area contributed by atoms with Crippen LogP contribution in [0.1, 0.15) is 33.2 Å². The molecule has 0 fully saturated rings. The van der Waals surface area contributed by atoms with E-state index in [1.165, 1.54) is 4.68 Å². The number of benzene rings is 4. The first-order valence-corrected chi connectivity index (χ1v) is 13.2. The van der Waals surface area contributed by atoms with Gasteiger partial charge in [0.15, 0.2) is 6.61 Å². The van der Waals surface area contributed by atoms with Crippen molar-refractivity contribution in [2.24, 2.45) is 7.05 Å². The van der Waals surface area contributed by atoms with Gasteiger partial charge < -0.3 is 15.4 Å². The van der Waals surface area contributed by atoms with E-state index in [9.17, 15) is 14.4 Å². The van der Waals surface area contributed by atoms with E-state index in [-0.39, 0.29) is 35.6 Å². The third-order valence-electron chi connectivity index (χ3n) is 6.85. The third kappa shape index (κ3) is 5.96. The van der Waals surface area contributed by atoms with Crippen molar-refractivity contribution in [2.45, 2.75) is 13.0 Å². The van der Waals surface area contributed by atoms with E-state index in [4.69, 9.17) is 4.74 Å². The normalized spacial score (nSPS) is 10.8. The predicted octanol–water partition coefficient (Wildman–Crippen LogP) is 5.02. The summed E-state index contributed by atoms with van der Waals surface area (Å²) in [5, 5.41) is 5.79. The third-order valence-corrected chi connectivity index (χ3v) is 6.85. The minimum absolute atomic E-state index is 0.171. The minimum Gasteiger partial charge on any atom is -0.483 e. The summed E-state index contributed by atoms with van der Waals surface area (Å²) in [4.78, 5) is 39.5. The van der Waals surface area contributed by atoms with Crippen molar-refractivity contribution in [3.8, 4) is 11.4 Å². The van der Waals surface area contributed by atoms with E-state index < -0.39 is 5.91 Å². The molecule has 8 heteroatoms. The van der Waals surface area contributed by atoms with E-state index in [2.05, 4.69) is 10.6 Å². The van der Waals surface area contributed by atoms with Crippen LogP contribution in [0.25, 0.3) is 5.69 Å². The van der Waals surface area contributed by atoms with Crippen molar-refractivity contribution in [3.05, 3.63) is 148 Å². The SMILES string of the molecule is Cc1c(NC(=O)COc2ccccc2C(=O)NC(c2ccccc2)c2ccccc2)c(=O)n(-c2ccccc2)n1C. The van der Waals surface area contributed by atoms with Crippen molar-refractivity contribution in [1.29, 1.82) is 0 Å². The lowest BCUT2D eigenvalue weighted by Gasteiger charge is -2.21. The molecule has 1 heterocycles. The molecule has 2 amide bonds. The fraction of sp³-hybridized carbons (Fsp3) is 0.121. The summed E-state index contributed by atoms with van der Waals surface area (Å²) in [6.45, 7) is 1.37. The maximum atomic E-state index is 13.5. The minimum atomic E-state index is -0.516. The van der Waals surface area contributed by atoms with E-state index in [0.29, 0.717) is 16.9 Å². The number of rotatable bonds is 9. The predicted molar refractivity (Wildman–Crippen MR) is 159 cm³/mol. The molecule has 0 aliphatic carbocycles. The second-order valence-electron chi connectivity index (χ2n) is 9.50. The van der Waals surface area contributed by atoms with Crippen LogP contribution in [0, 0.1) is 6.92 Å². The first-order chi connectivity index (χ1) is 19.9. The summed E-state index contributed by atoms with van der Waals surface area (Å²) in [6.07, 6.45) is 0. The molecule has 206 valence electrons. The Labute approximate surface area is 237 Å². The molecule has 0 saturated carbocycles. The number of carbonyl (C=O) groups excluding carboxylic acids is 2. The number of para-hydroxylation sites is 2. The topological polar surface area (TPSA) is 94.4 Å². The summed E-state index contributed by atoms with van der Waals surface area (Å²) in [6, 6.07) is 35.0. The van der Waals surface area contributed by atoms with Crippen molar-refractivity contribution in [1.82, 2.24) is 14.7 Å². The molecule has 5 rings (SSSR count). The first kappa shape index (κ1) is 27.2. The van der Waals surface area contributed by atoms with E-state index in [1.54, 1.807) is 42.9 Å². The number of hydrogen-bond acceptors (Lipinski definition) is 4. The molecule has 0 aliphatic heterocycles. The molecule has 0 saturated heterocycles. The Hall–Kier alpha value is -5.37. The molecular formula is C33H30N4O4. The van der Waals surface area contributed by atoms with Crippen molar-refractivity contribution in [2.75, 3.05) is 11.9 Å². The Morgan fingerprint density at radius 1 is 0.780 bits per heavy atom. The van der Waals surface area contributed by atoms with E-state index in [0.717, 1.165) is 11.1 Å². The van der Waals surface area contributed by atoms with Gasteiger partial charge in [-0.1, -0.05) is 91.0 Å². The average molecular weight is 547 g/mol. The lowest BCUT2D eigenvalue weighted by atomic mass is 9.98. The monoisotopic (exact) mass is 546 g/mol. The average Bonchev–Trinajstić information content (AvgIpc) is 3.22. The van der Waals surface area contributed by atoms with Crippen LogP contribution in [0.4, 0.5) is 5.69 Å². The van der Waals surface area contributed by atoms with E-state index in [1.807, 2.05) is 91.0 Å². The fourth-order valence-electron chi connectivity index (χ4n) is 4.67. The van der Waals surface area contributed by atoms with Gasteiger partial charge in [0.2, 0.25) is 0 Å². The summed E-state index contributed by atoms with van der Waals surface area (Å²) < 4.78 is 8.97. The molecule has 0 radical (unpaired) electrons. The van der Waals surface area contributed by atoms with Crippen LogP contribution in [0.15, 0.2) is 120 Å². The lowest BCUT2D eigenvalue weighted by Crippen LogP contribution is -2.30. The van der Waals surface area contributed by atoms with Crippen LogP contribution in [-0.4, -0.2) is 27.8 Å². The molecule has 2 N–H and O–H groups in total. The molecular weight excluding hydrogens is 516 g/mol. The fourth-order valence-corrected chi connectivity index (χ4v) is 4.67. The number of nitrogens with one attached hydrogen (secondary N) is 2. The van der Waals surface area contributed by atoms with Gasteiger partial charge in [0.05, 0.1) is 23.0 Å². The Balaban J connectivity index is 1.31. The van der Waals surface area contributed by atoms with Crippen LogP contribution in [0.3, 0.4) is 0 Å².